The molecule has 3 rings (SSSR count). The van der Waals surface area contributed by atoms with Crippen molar-refractivity contribution in [2.75, 3.05) is 0 Å². The van der Waals surface area contributed by atoms with Gasteiger partial charge < -0.3 is 5.32 Å². The number of hydrogen-bond donors (Lipinski definition) is 1. The third-order valence-corrected chi connectivity index (χ3v) is 5.86. The summed E-state index contributed by atoms with van der Waals surface area (Å²) in [5, 5.41) is 6.04. The molecule has 1 aromatic carbocycles. The quantitative estimate of drug-likeness (QED) is 0.804. The highest BCUT2D eigenvalue weighted by Crippen LogP contribution is 2.30. The minimum atomic E-state index is 0.707. The highest BCUT2D eigenvalue weighted by atomic mass is 32.1. The molecule has 0 radical (unpaired) electrons. The second-order valence-corrected chi connectivity index (χ2v) is 7.51. The third kappa shape index (κ3) is 3.75. The van der Waals surface area contributed by atoms with Crippen LogP contribution in [0.1, 0.15) is 38.0 Å². The zero-order valence-corrected chi connectivity index (χ0v) is 13.8. The Morgan fingerprint density at radius 1 is 1.05 bits per heavy atom. The largest absolute Gasteiger partial charge is 0.309 e. The normalized spacial score (nSPS) is 25.9. The number of benzene rings is 1. The van der Waals surface area contributed by atoms with Crippen molar-refractivity contribution in [3.05, 3.63) is 46.7 Å². The van der Waals surface area contributed by atoms with E-state index in [0.717, 1.165) is 18.4 Å². The molecule has 3 unspecified atom stereocenters. The van der Waals surface area contributed by atoms with Crippen molar-refractivity contribution in [3.63, 3.8) is 0 Å². The van der Waals surface area contributed by atoms with Gasteiger partial charge in [-0.15, -0.1) is 11.3 Å². The van der Waals surface area contributed by atoms with Gasteiger partial charge in [0.05, 0.1) is 0 Å². The van der Waals surface area contributed by atoms with Gasteiger partial charge in [0.1, 0.15) is 0 Å². The Labute approximate surface area is 132 Å². The standard InChI is InChI=1S/C19H25NS/c1-14-8-9-18(10-15(14)2)20-12-19-11-17(13-21-19)16-6-4-3-5-7-16/h3-7,11,13-15,18,20H,8-10,12H2,1-2H3. The summed E-state index contributed by atoms with van der Waals surface area (Å²) in [5.41, 5.74) is 2.67. The molecule has 1 aromatic heterocycles. The van der Waals surface area contributed by atoms with E-state index in [0.29, 0.717) is 6.04 Å². The van der Waals surface area contributed by atoms with Crippen LogP contribution in [0.15, 0.2) is 41.8 Å². The lowest BCUT2D eigenvalue weighted by Gasteiger charge is -2.32. The highest BCUT2D eigenvalue weighted by molar-refractivity contribution is 7.10. The predicted molar refractivity (Wildman–Crippen MR) is 92.6 cm³/mol. The molecule has 2 aromatic rings. The van der Waals surface area contributed by atoms with Gasteiger partial charge in [-0.05, 0) is 53.7 Å². The van der Waals surface area contributed by atoms with Crippen molar-refractivity contribution in [1.29, 1.82) is 0 Å². The van der Waals surface area contributed by atoms with Gasteiger partial charge in [-0.1, -0.05) is 44.2 Å². The average Bonchev–Trinajstić information content (AvgIpc) is 2.98. The maximum atomic E-state index is 3.76. The summed E-state index contributed by atoms with van der Waals surface area (Å²) in [7, 11) is 0. The van der Waals surface area contributed by atoms with Crippen molar-refractivity contribution < 1.29 is 0 Å². The summed E-state index contributed by atoms with van der Waals surface area (Å²) in [6, 6.07) is 13.7. The predicted octanol–water partition coefficient (Wildman–Crippen LogP) is 5.33. The Balaban J connectivity index is 1.56. The van der Waals surface area contributed by atoms with Crippen LogP contribution in [-0.2, 0) is 6.54 Å². The van der Waals surface area contributed by atoms with Gasteiger partial charge in [-0.3, -0.25) is 0 Å². The molecule has 1 saturated carbocycles. The third-order valence-electron chi connectivity index (χ3n) is 4.92. The summed E-state index contributed by atoms with van der Waals surface area (Å²) in [6.45, 7) is 5.81. The Kier molecular flexibility index (Phi) is 4.77. The minimum Gasteiger partial charge on any atom is -0.309 e. The zero-order chi connectivity index (χ0) is 14.7. The summed E-state index contributed by atoms with van der Waals surface area (Å²) in [4.78, 5) is 1.44. The van der Waals surface area contributed by atoms with E-state index in [1.54, 1.807) is 0 Å². The van der Waals surface area contributed by atoms with Crippen LogP contribution in [0, 0.1) is 11.8 Å². The van der Waals surface area contributed by atoms with Gasteiger partial charge in [0.15, 0.2) is 0 Å². The van der Waals surface area contributed by atoms with Gasteiger partial charge in [-0.2, -0.15) is 0 Å². The summed E-state index contributed by atoms with van der Waals surface area (Å²) >= 11 is 1.87. The molecule has 3 atom stereocenters. The van der Waals surface area contributed by atoms with Crippen molar-refractivity contribution in [1.82, 2.24) is 5.32 Å². The van der Waals surface area contributed by atoms with Crippen molar-refractivity contribution in [3.8, 4) is 11.1 Å². The molecule has 0 aliphatic heterocycles. The smallest absolute Gasteiger partial charge is 0.0302 e. The number of thiophene rings is 1. The number of nitrogens with one attached hydrogen (secondary N) is 1. The molecular formula is C19H25NS. The van der Waals surface area contributed by atoms with Crippen LogP contribution >= 0.6 is 11.3 Å². The van der Waals surface area contributed by atoms with E-state index in [4.69, 9.17) is 0 Å². The molecule has 21 heavy (non-hydrogen) atoms. The lowest BCUT2D eigenvalue weighted by molar-refractivity contribution is 0.226. The van der Waals surface area contributed by atoms with E-state index >= 15 is 0 Å². The molecule has 1 N–H and O–H groups in total. The molecule has 0 amide bonds. The van der Waals surface area contributed by atoms with Crippen LogP contribution in [0.3, 0.4) is 0 Å². The molecule has 1 aliphatic rings. The molecular weight excluding hydrogens is 274 g/mol. The second-order valence-electron chi connectivity index (χ2n) is 6.51. The molecule has 2 heteroatoms. The molecule has 0 spiro atoms. The molecule has 1 nitrogen and oxygen atoms in total. The van der Waals surface area contributed by atoms with E-state index < -0.39 is 0 Å². The van der Waals surface area contributed by atoms with Crippen LogP contribution in [0.5, 0.6) is 0 Å². The first-order valence-electron chi connectivity index (χ1n) is 8.08. The first-order chi connectivity index (χ1) is 10.2. The molecule has 112 valence electrons. The van der Waals surface area contributed by atoms with E-state index in [-0.39, 0.29) is 0 Å². The van der Waals surface area contributed by atoms with Gasteiger partial charge >= 0.3 is 0 Å². The monoisotopic (exact) mass is 299 g/mol. The summed E-state index contributed by atoms with van der Waals surface area (Å²) < 4.78 is 0. The topological polar surface area (TPSA) is 12.0 Å². The van der Waals surface area contributed by atoms with E-state index in [2.05, 4.69) is 60.9 Å². The van der Waals surface area contributed by atoms with Gasteiger partial charge in [-0.25, -0.2) is 0 Å². The Morgan fingerprint density at radius 2 is 1.86 bits per heavy atom. The van der Waals surface area contributed by atoms with Crippen molar-refractivity contribution in [2.24, 2.45) is 11.8 Å². The van der Waals surface area contributed by atoms with Crippen LogP contribution in [-0.4, -0.2) is 6.04 Å². The van der Waals surface area contributed by atoms with E-state index in [9.17, 15) is 0 Å². The maximum Gasteiger partial charge on any atom is 0.0302 e. The summed E-state index contributed by atoms with van der Waals surface area (Å²) in [6.07, 6.45) is 4.04. The maximum absolute atomic E-state index is 3.76. The number of rotatable bonds is 4. The molecule has 1 aliphatic carbocycles. The van der Waals surface area contributed by atoms with Crippen LogP contribution in [0.4, 0.5) is 0 Å². The average molecular weight is 299 g/mol. The lowest BCUT2D eigenvalue weighted by atomic mass is 9.79. The second kappa shape index (κ2) is 6.76. The molecule has 1 heterocycles. The number of hydrogen-bond acceptors (Lipinski definition) is 2. The fraction of sp³-hybridized carbons (Fsp3) is 0.474. The SMILES string of the molecule is CC1CCC(NCc2cc(-c3ccccc3)cs2)CC1C. The summed E-state index contributed by atoms with van der Waals surface area (Å²) in [5.74, 6) is 1.76. The van der Waals surface area contributed by atoms with Gasteiger partial charge in [0.25, 0.3) is 0 Å². The lowest BCUT2D eigenvalue weighted by Crippen LogP contribution is -2.35. The first-order valence-corrected chi connectivity index (χ1v) is 8.96. The van der Waals surface area contributed by atoms with Crippen LogP contribution < -0.4 is 5.32 Å². The fourth-order valence-electron chi connectivity index (χ4n) is 3.23. The van der Waals surface area contributed by atoms with E-state index in [1.807, 2.05) is 11.3 Å². The fourth-order valence-corrected chi connectivity index (χ4v) is 4.08. The van der Waals surface area contributed by atoms with E-state index in [1.165, 1.54) is 35.3 Å². The molecule has 0 bridgehead atoms. The van der Waals surface area contributed by atoms with Crippen LogP contribution in [0.25, 0.3) is 11.1 Å². The van der Waals surface area contributed by atoms with Gasteiger partial charge in [0.2, 0.25) is 0 Å². The van der Waals surface area contributed by atoms with Gasteiger partial charge in [0, 0.05) is 17.5 Å². The zero-order valence-electron chi connectivity index (χ0n) is 13.0. The van der Waals surface area contributed by atoms with Crippen molar-refractivity contribution >= 4 is 11.3 Å². The molecule has 0 saturated heterocycles. The Bertz CT molecular complexity index is 560. The highest BCUT2D eigenvalue weighted by Gasteiger charge is 2.24. The van der Waals surface area contributed by atoms with Crippen molar-refractivity contribution in [2.45, 2.75) is 45.7 Å². The molecule has 1 fully saturated rings. The first kappa shape index (κ1) is 14.8. The van der Waals surface area contributed by atoms with Crippen LogP contribution in [0.2, 0.25) is 0 Å². The Hall–Kier alpha value is -1.12. The minimum absolute atomic E-state index is 0.707. The Morgan fingerprint density at radius 3 is 2.62 bits per heavy atom.